The summed E-state index contributed by atoms with van der Waals surface area (Å²) in [5.74, 6) is 0.281. The van der Waals surface area contributed by atoms with Crippen LogP contribution in [0.3, 0.4) is 0 Å². The molecule has 128 valence electrons. The molecule has 2 rings (SSSR count). The van der Waals surface area contributed by atoms with Gasteiger partial charge in [0, 0.05) is 6.26 Å². The molecule has 24 heavy (non-hydrogen) atoms. The van der Waals surface area contributed by atoms with Crippen LogP contribution in [0.4, 0.5) is 0 Å². The fourth-order valence-electron chi connectivity index (χ4n) is 2.44. The molecule has 0 aliphatic carbocycles. The summed E-state index contributed by atoms with van der Waals surface area (Å²) in [5, 5.41) is 2.96. The Morgan fingerprint density at radius 3 is 2.29 bits per heavy atom. The van der Waals surface area contributed by atoms with Gasteiger partial charge in [0.2, 0.25) is 0 Å². The largest absolute Gasteiger partial charge is 0.496 e. The minimum atomic E-state index is -3.23. The number of para-hydroxylation sites is 1. The van der Waals surface area contributed by atoms with Crippen molar-refractivity contribution in [2.45, 2.75) is 24.3 Å². The minimum absolute atomic E-state index is 0.212. The maximum atomic E-state index is 12.5. The zero-order chi connectivity index (χ0) is 17.7. The molecule has 6 heteroatoms. The number of amides is 1. The van der Waals surface area contributed by atoms with Gasteiger partial charge in [0.05, 0.1) is 23.6 Å². The first-order chi connectivity index (χ1) is 11.4. The van der Waals surface area contributed by atoms with Crippen LogP contribution in [-0.4, -0.2) is 27.7 Å². The van der Waals surface area contributed by atoms with E-state index in [1.54, 1.807) is 48.5 Å². The van der Waals surface area contributed by atoms with Crippen LogP contribution in [-0.2, 0) is 9.84 Å². The van der Waals surface area contributed by atoms with E-state index in [0.29, 0.717) is 17.7 Å². The van der Waals surface area contributed by atoms with Crippen molar-refractivity contribution in [3.8, 4) is 5.75 Å². The van der Waals surface area contributed by atoms with Crippen LogP contribution in [0.15, 0.2) is 53.4 Å². The SMILES string of the molecule is CC[C@H](NC(=O)c1ccccc1OC)c1ccc(S(C)(=O)=O)cc1. The summed E-state index contributed by atoms with van der Waals surface area (Å²) >= 11 is 0. The van der Waals surface area contributed by atoms with Gasteiger partial charge in [0.25, 0.3) is 5.91 Å². The predicted octanol–water partition coefficient (Wildman–Crippen LogP) is 2.98. The molecule has 0 aliphatic heterocycles. The fourth-order valence-corrected chi connectivity index (χ4v) is 3.07. The number of methoxy groups -OCH3 is 1. The third-order valence-corrected chi connectivity index (χ3v) is 4.90. The van der Waals surface area contributed by atoms with Crippen molar-refractivity contribution in [3.05, 3.63) is 59.7 Å². The lowest BCUT2D eigenvalue weighted by Crippen LogP contribution is -2.28. The molecule has 2 aromatic carbocycles. The average Bonchev–Trinajstić information content (AvgIpc) is 2.58. The van der Waals surface area contributed by atoms with E-state index in [9.17, 15) is 13.2 Å². The number of hydrogen-bond donors (Lipinski definition) is 1. The van der Waals surface area contributed by atoms with Crippen molar-refractivity contribution in [3.63, 3.8) is 0 Å². The monoisotopic (exact) mass is 347 g/mol. The molecule has 0 aromatic heterocycles. The number of ether oxygens (including phenoxy) is 1. The van der Waals surface area contributed by atoms with Crippen LogP contribution in [0.25, 0.3) is 0 Å². The number of benzene rings is 2. The summed E-state index contributed by atoms with van der Waals surface area (Å²) in [6.07, 6.45) is 1.85. The Morgan fingerprint density at radius 1 is 1.12 bits per heavy atom. The second kappa shape index (κ2) is 7.49. The molecule has 5 nitrogen and oxygen atoms in total. The topological polar surface area (TPSA) is 72.5 Å². The molecule has 0 fully saturated rings. The number of rotatable bonds is 6. The van der Waals surface area contributed by atoms with Gasteiger partial charge >= 0.3 is 0 Å². The highest BCUT2D eigenvalue weighted by Crippen LogP contribution is 2.22. The normalized spacial score (nSPS) is 12.5. The molecule has 0 spiro atoms. The molecule has 0 saturated heterocycles. The van der Waals surface area contributed by atoms with Gasteiger partial charge in [0.15, 0.2) is 9.84 Å². The Hall–Kier alpha value is -2.34. The van der Waals surface area contributed by atoms with Gasteiger partial charge < -0.3 is 10.1 Å². The Kier molecular flexibility index (Phi) is 5.62. The van der Waals surface area contributed by atoms with E-state index >= 15 is 0 Å². The molecule has 1 N–H and O–H groups in total. The van der Waals surface area contributed by atoms with Gasteiger partial charge in [-0.05, 0) is 36.2 Å². The maximum Gasteiger partial charge on any atom is 0.255 e. The van der Waals surface area contributed by atoms with Gasteiger partial charge in [-0.25, -0.2) is 8.42 Å². The summed E-state index contributed by atoms with van der Waals surface area (Å²) in [6.45, 7) is 1.96. The lowest BCUT2D eigenvalue weighted by molar-refractivity contribution is 0.0932. The van der Waals surface area contributed by atoms with Crippen molar-refractivity contribution in [2.75, 3.05) is 13.4 Å². The predicted molar refractivity (Wildman–Crippen MR) is 93.0 cm³/mol. The first kappa shape index (κ1) is 18.0. The molecule has 0 bridgehead atoms. The molecule has 0 radical (unpaired) electrons. The molecule has 0 saturated carbocycles. The molecule has 2 aromatic rings. The highest BCUT2D eigenvalue weighted by Gasteiger charge is 2.17. The van der Waals surface area contributed by atoms with Crippen LogP contribution in [0.2, 0.25) is 0 Å². The zero-order valence-corrected chi connectivity index (χ0v) is 14.8. The lowest BCUT2D eigenvalue weighted by Gasteiger charge is -2.18. The summed E-state index contributed by atoms with van der Waals surface area (Å²) in [5.41, 5.74) is 1.32. The first-order valence-electron chi connectivity index (χ1n) is 7.60. The standard InChI is InChI=1S/C18H21NO4S/c1-4-16(13-9-11-14(12-10-13)24(3,21)22)19-18(20)15-7-5-6-8-17(15)23-2/h5-12,16H,4H2,1-3H3,(H,19,20)/t16-/m0/s1. The third kappa shape index (κ3) is 4.14. The second-order valence-corrected chi connectivity index (χ2v) is 7.49. The fraction of sp³-hybridized carbons (Fsp3) is 0.278. The van der Waals surface area contributed by atoms with E-state index in [1.165, 1.54) is 13.4 Å². The lowest BCUT2D eigenvalue weighted by atomic mass is 10.0. The summed E-state index contributed by atoms with van der Waals surface area (Å²) in [6, 6.07) is 13.4. The molecule has 0 aliphatic rings. The number of carbonyl (C=O) groups is 1. The van der Waals surface area contributed by atoms with E-state index < -0.39 is 9.84 Å². The van der Waals surface area contributed by atoms with Crippen molar-refractivity contribution in [1.29, 1.82) is 0 Å². The minimum Gasteiger partial charge on any atom is -0.496 e. The van der Waals surface area contributed by atoms with Gasteiger partial charge in [-0.3, -0.25) is 4.79 Å². The summed E-state index contributed by atoms with van der Waals surface area (Å²) in [4.78, 5) is 12.8. The number of nitrogens with one attached hydrogen (secondary N) is 1. The average molecular weight is 347 g/mol. The molecular weight excluding hydrogens is 326 g/mol. The van der Waals surface area contributed by atoms with Crippen LogP contribution >= 0.6 is 0 Å². The van der Waals surface area contributed by atoms with Crippen molar-refractivity contribution >= 4 is 15.7 Å². The van der Waals surface area contributed by atoms with E-state index in [4.69, 9.17) is 4.74 Å². The number of carbonyl (C=O) groups excluding carboxylic acids is 1. The molecule has 1 amide bonds. The van der Waals surface area contributed by atoms with Crippen LogP contribution in [0.5, 0.6) is 5.75 Å². The van der Waals surface area contributed by atoms with Crippen LogP contribution in [0, 0.1) is 0 Å². The molecule has 0 heterocycles. The maximum absolute atomic E-state index is 12.5. The van der Waals surface area contributed by atoms with E-state index in [2.05, 4.69) is 5.32 Å². The quantitative estimate of drug-likeness (QED) is 0.872. The highest BCUT2D eigenvalue weighted by atomic mass is 32.2. The van der Waals surface area contributed by atoms with Crippen molar-refractivity contribution < 1.29 is 17.9 Å². The smallest absolute Gasteiger partial charge is 0.255 e. The van der Waals surface area contributed by atoms with Crippen LogP contribution < -0.4 is 10.1 Å². The molecule has 0 unspecified atom stereocenters. The van der Waals surface area contributed by atoms with Crippen LogP contribution in [0.1, 0.15) is 35.3 Å². The van der Waals surface area contributed by atoms with E-state index in [0.717, 1.165) is 5.56 Å². The Morgan fingerprint density at radius 2 is 1.75 bits per heavy atom. The highest BCUT2D eigenvalue weighted by molar-refractivity contribution is 7.90. The van der Waals surface area contributed by atoms with Crippen molar-refractivity contribution in [2.24, 2.45) is 0 Å². The number of hydrogen-bond acceptors (Lipinski definition) is 4. The molecular formula is C18H21NO4S. The Labute approximate surface area is 142 Å². The van der Waals surface area contributed by atoms with E-state index in [-0.39, 0.29) is 16.8 Å². The van der Waals surface area contributed by atoms with Gasteiger partial charge in [0.1, 0.15) is 5.75 Å². The van der Waals surface area contributed by atoms with Crippen molar-refractivity contribution in [1.82, 2.24) is 5.32 Å². The zero-order valence-electron chi connectivity index (χ0n) is 13.9. The summed E-state index contributed by atoms with van der Waals surface area (Å²) in [7, 11) is -1.71. The second-order valence-electron chi connectivity index (χ2n) is 5.48. The third-order valence-electron chi connectivity index (χ3n) is 3.78. The first-order valence-corrected chi connectivity index (χ1v) is 9.50. The summed E-state index contributed by atoms with van der Waals surface area (Å²) < 4.78 is 28.3. The Bertz CT molecular complexity index is 813. The Balaban J connectivity index is 2.21. The molecule has 1 atom stereocenters. The van der Waals surface area contributed by atoms with Gasteiger partial charge in [-0.1, -0.05) is 31.2 Å². The van der Waals surface area contributed by atoms with E-state index in [1.807, 2.05) is 6.92 Å². The van der Waals surface area contributed by atoms with Gasteiger partial charge in [-0.15, -0.1) is 0 Å². The number of sulfone groups is 1. The van der Waals surface area contributed by atoms with Gasteiger partial charge in [-0.2, -0.15) is 0 Å².